The molecule has 0 aliphatic rings. The molecule has 0 atom stereocenters. The lowest BCUT2D eigenvalue weighted by Crippen LogP contribution is -2.18. The van der Waals surface area contributed by atoms with Crippen molar-refractivity contribution in [3.8, 4) is 5.69 Å². The first-order valence-electron chi connectivity index (χ1n) is 8.08. The third-order valence-electron chi connectivity index (χ3n) is 3.69. The third kappa shape index (κ3) is 3.97. The minimum Gasteiger partial charge on any atom is -0.462 e. The van der Waals surface area contributed by atoms with Gasteiger partial charge < -0.3 is 10.1 Å². The van der Waals surface area contributed by atoms with Gasteiger partial charge in [-0.25, -0.2) is 9.48 Å². The fourth-order valence-corrected chi connectivity index (χ4v) is 3.05. The molecule has 3 aromatic rings. The smallest absolute Gasteiger partial charge is 0.343 e. The Kier molecular flexibility index (Phi) is 5.78. The van der Waals surface area contributed by atoms with Crippen molar-refractivity contribution in [2.45, 2.75) is 6.92 Å². The Morgan fingerprint density at radius 3 is 2.37 bits per heavy atom. The molecule has 0 saturated carbocycles. The highest BCUT2D eigenvalue weighted by atomic mass is 35.5. The second-order valence-electron chi connectivity index (χ2n) is 5.43. The molecule has 0 aliphatic heterocycles. The van der Waals surface area contributed by atoms with E-state index >= 15 is 0 Å². The number of rotatable bonds is 5. The maximum atomic E-state index is 12.8. The second-order valence-corrected chi connectivity index (χ2v) is 6.24. The largest absolute Gasteiger partial charge is 0.462 e. The van der Waals surface area contributed by atoms with Crippen molar-refractivity contribution in [1.82, 2.24) is 9.78 Å². The van der Waals surface area contributed by atoms with Gasteiger partial charge in [0.25, 0.3) is 5.91 Å². The molecule has 138 valence electrons. The molecule has 0 aliphatic carbocycles. The quantitative estimate of drug-likeness (QED) is 0.631. The van der Waals surface area contributed by atoms with Gasteiger partial charge in [0.2, 0.25) is 0 Å². The summed E-state index contributed by atoms with van der Waals surface area (Å²) in [6, 6.07) is 13.8. The Morgan fingerprint density at radius 2 is 1.74 bits per heavy atom. The van der Waals surface area contributed by atoms with Crippen LogP contribution in [0.4, 0.5) is 5.82 Å². The molecule has 1 N–H and O–H groups in total. The minimum absolute atomic E-state index is 0.108. The average molecular weight is 404 g/mol. The summed E-state index contributed by atoms with van der Waals surface area (Å²) in [6.45, 7) is 1.89. The first-order valence-corrected chi connectivity index (χ1v) is 8.84. The van der Waals surface area contributed by atoms with E-state index in [9.17, 15) is 9.59 Å². The number of ether oxygens (including phenoxy) is 1. The van der Waals surface area contributed by atoms with Gasteiger partial charge in [-0.3, -0.25) is 4.79 Å². The van der Waals surface area contributed by atoms with Crippen LogP contribution in [0.3, 0.4) is 0 Å². The number of hydrogen-bond donors (Lipinski definition) is 1. The number of benzene rings is 2. The first-order chi connectivity index (χ1) is 13.0. The van der Waals surface area contributed by atoms with E-state index in [1.807, 2.05) is 18.2 Å². The van der Waals surface area contributed by atoms with E-state index in [0.29, 0.717) is 5.69 Å². The highest BCUT2D eigenvalue weighted by Crippen LogP contribution is 2.27. The molecule has 3 rings (SSSR count). The highest BCUT2D eigenvalue weighted by Gasteiger charge is 2.23. The lowest BCUT2D eigenvalue weighted by atomic mass is 10.2. The second kappa shape index (κ2) is 8.24. The van der Waals surface area contributed by atoms with Gasteiger partial charge in [0.1, 0.15) is 5.56 Å². The Bertz CT molecular complexity index is 967. The number of nitrogens with one attached hydrogen (secondary N) is 1. The van der Waals surface area contributed by atoms with Crippen molar-refractivity contribution in [2.75, 3.05) is 11.9 Å². The average Bonchev–Trinajstić information content (AvgIpc) is 3.06. The first kappa shape index (κ1) is 18.9. The molecule has 0 bridgehead atoms. The lowest BCUT2D eigenvalue weighted by molar-refractivity contribution is 0.0527. The third-order valence-corrected chi connectivity index (χ3v) is 4.32. The van der Waals surface area contributed by atoms with Crippen LogP contribution in [0.1, 0.15) is 27.6 Å². The highest BCUT2D eigenvalue weighted by molar-refractivity contribution is 6.40. The van der Waals surface area contributed by atoms with Gasteiger partial charge in [-0.1, -0.05) is 47.5 Å². The Hall–Kier alpha value is -2.83. The van der Waals surface area contributed by atoms with Crippen LogP contribution in [-0.4, -0.2) is 28.3 Å². The van der Waals surface area contributed by atoms with E-state index in [1.165, 1.54) is 10.9 Å². The zero-order valence-electron chi connectivity index (χ0n) is 14.3. The fourth-order valence-electron chi connectivity index (χ4n) is 2.48. The topological polar surface area (TPSA) is 73.2 Å². The minimum atomic E-state index is -0.597. The molecule has 0 fully saturated rings. The number of para-hydroxylation sites is 1. The normalized spacial score (nSPS) is 10.5. The number of carbonyl (C=O) groups is 2. The van der Waals surface area contributed by atoms with Crippen LogP contribution < -0.4 is 5.32 Å². The van der Waals surface area contributed by atoms with Crippen molar-refractivity contribution in [3.05, 3.63) is 75.9 Å². The van der Waals surface area contributed by atoms with Gasteiger partial charge in [0.15, 0.2) is 5.82 Å². The predicted octanol–water partition coefficient (Wildman–Crippen LogP) is 4.61. The summed E-state index contributed by atoms with van der Waals surface area (Å²) < 4.78 is 6.50. The summed E-state index contributed by atoms with van der Waals surface area (Å²) in [7, 11) is 0. The fraction of sp³-hybridized carbons (Fsp3) is 0.105. The number of esters is 1. The maximum Gasteiger partial charge on any atom is 0.343 e. The van der Waals surface area contributed by atoms with Gasteiger partial charge in [-0.2, -0.15) is 5.10 Å². The van der Waals surface area contributed by atoms with Crippen LogP contribution in [0.5, 0.6) is 0 Å². The summed E-state index contributed by atoms with van der Waals surface area (Å²) in [5.41, 5.74) is 0.891. The van der Waals surface area contributed by atoms with E-state index in [2.05, 4.69) is 10.4 Å². The molecular formula is C19H15Cl2N3O3. The number of anilines is 1. The maximum absolute atomic E-state index is 12.8. The molecule has 1 heterocycles. The number of amides is 1. The van der Waals surface area contributed by atoms with Crippen molar-refractivity contribution in [2.24, 2.45) is 0 Å². The van der Waals surface area contributed by atoms with Crippen LogP contribution in [-0.2, 0) is 4.74 Å². The number of nitrogens with zero attached hydrogens (tertiary/aromatic N) is 2. The van der Waals surface area contributed by atoms with Crippen molar-refractivity contribution in [1.29, 1.82) is 0 Å². The van der Waals surface area contributed by atoms with Gasteiger partial charge in [-0.05, 0) is 31.2 Å². The van der Waals surface area contributed by atoms with E-state index in [0.717, 1.165) is 0 Å². The number of carbonyl (C=O) groups excluding carboxylic acids is 2. The molecule has 0 spiro atoms. The SMILES string of the molecule is CCOC(=O)c1cnn(-c2ccccc2)c1NC(=O)c1c(Cl)cccc1Cl. The predicted molar refractivity (Wildman–Crippen MR) is 104 cm³/mol. The van der Waals surface area contributed by atoms with Crippen molar-refractivity contribution < 1.29 is 14.3 Å². The molecule has 0 unspecified atom stereocenters. The van der Waals surface area contributed by atoms with Crippen LogP contribution >= 0.6 is 23.2 Å². The van der Waals surface area contributed by atoms with Gasteiger partial charge in [0, 0.05) is 0 Å². The van der Waals surface area contributed by atoms with Crippen LogP contribution in [0.15, 0.2) is 54.7 Å². The van der Waals surface area contributed by atoms with E-state index in [4.69, 9.17) is 27.9 Å². The van der Waals surface area contributed by atoms with Crippen LogP contribution in [0.25, 0.3) is 5.69 Å². The Morgan fingerprint density at radius 1 is 1.07 bits per heavy atom. The number of halogens is 2. The monoisotopic (exact) mass is 403 g/mol. The van der Waals surface area contributed by atoms with Crippen LogP contribution in [0, 0.1) is 0 Å². The Balaban J connectivity index is 2.05. The van der Waals surface area contributed by atoms with Crippen molar-refractivity contribution >= 4 is 40.9 Å². The van der Waals surface area contributed by atoms with E-state index in [-0.39, 0.29) is 33.6 Å². The molecule has 8 heteroatoms. The van der Waals surface area contributed by atoms with E-state index in [1.54, 1.807) is 37.3 Å². The summed E-state index contributed by atoms with van der Waals surface area (Å²) >= 11 is 12.2. The number of hydrogen-bond acceptors (Lipinski definition) is 4. The molecule has 1 amide bonds. The molecule has 0 saturated heterocycles. The summed E-state index contributed by atoms with van der Waals surface area (Å²) in [6.07, 6.45) is 1.34. The van der Waals surface area contributed by atoms with Crippen LogP contribution in [0.2, 0.25) is 10.0 Å². The van der Waals surface area contributed by atoms with Crippen molar-refractivity contribution in [3.63, 3.8) is 0 Å². The zero-order chi connectivity index (χ0) is 19.4. The Labute approximate surface area is 165 Å². The zero-order valence-corrected chi connectivity index (χ0v) is 15.8. The van der Waals surface area contributed by atoms with Gasteiger partial charge in [0.05, 0.1) is 34.1 Å². The molecule has 0 radical (unpaired) electrons. The summed E-state index contributed by atoms with van der Waals surface area (Å²) in [5, 5.41) is 7.30. The van der Waals surface area contributed by atoms with Gasteiger partial charge in [-0.15, -0.1) is 0 Å². The molecule has 1 aromatic heterocycles. The number of aromatic nitrogens is 2. The molecular weight excluding hydrogens is 389 g/mol. The standard InChI is InChI=1S/C19H15Cl2N3O3/c1-2-27-19(26)13-11-22-24(12-7-4-3-5-8-12)17(13)23-18(25)16-14(20)9-6-10-15(16)21/h3-11H,2H2,1H3,(H,23,25). The molecule has 27 heavy (non-hydrogen) atoms. The molecule has 2 aromatic carbocycles. The van der Waals surface area contributed by atoms with Gasteiger partial charge >= 0.3 is 5.97 Å². The summed E-state index contributed by atoms with van der Waals surface area (Å²) in [5.74, 6) is -0.991. The van der Waals surface area contributed by atoms with E-state index < -0.39 is 11.9 Å². The lowest BCUT2D eigenvalue weighted by Gasteiger charge is -2.12. The molecule has 6 nitrogen and oxygen atoms in total. The summed E-state index contributed by atoms with van der Waals surface area (Å²) in [4.78, 5) is 25.1.